The van der Waals surface area contributed by atoms with Gasteiger partial charge < -0.3 is 9.47 Å². The minimum absolute atomic E-state index is 0.00850. The quantitative estimate of drug-likeness (QED) is 0.403. The fourth-order valence-electron chi connectivity index (χ4n) is 2.17. The third kappa shape index (κ3) is 6.86. The summed E-state index contributed by atoms with van der Waals surface area (Å²) in [5.41, 5.74) is 0.681. The molecule has 0 saturated heterocycles. The Kier molecular flexibility index (Phi) is 7.12. The number of ether oxygens (including phenoxy) is 2. The van der Waals surface area contributed by atoms with Gasteiger partial charge in [-0.3, -0.25) is 4.79 Å². The summed E-state index contributed by atoms with van der Waals surface area (Å²) in [5, 5.41) is 4.76. The van der Waals surface area contributed by atoms with Crippen molar-refractivity contribution in [2.45, 2.75) is 40.2 Å². The van der Waals surface area contributed by atoms with E-state index < -0.39 is 11.9 Å². The van der Waals surface area contributed by atoms with E-state index in [0.717, 1.165) is 6.08 Å². The van der Waals surface area contributed by atoms with Crippen LogP contribution in [0.4, 0.5) is 0 Å². The molecule has 0 aliphatic heterocycles. The molecule has 0 bridgehead atoms. The Morgan fingerprint density at radius 3 is 2.63 bits per heavy atom. The summed E-state index contributed by atoms with van der Waals surface area (Å²) in [4.78, 5) is 27.3. The van der Waals surface area contributed by atoms with Gasteiger partial charge in [-0.1, -0.05) is 25.4 Å². The highest BCUT2D eigenvalue weighted by atomic mass is 35.5. The van der Waals surface area contributed by atoms with E-state index in [0.29, 0.717) is 22.2 Å². The van der Waals surface area contributed by atoms with Crippen molar-refractivity contribution in [3.8, 4) is 17.1 Å². The second-order valence-electron chi connectivity index (χ2n) is 6.60. The molecule has 144 valence electrons. The van der Waals surface area contributed by atoms with Crippen LogP contribution in [0.1, 0.15) is 34.1 Å². The summed E-state index contributed by atoms with van der Waals surface area (Å²) in [6.07, 6.45) is 4.09. The highest BCUT2D eigenvalue weighted by Crippen LogP contribution is 2.27. The largest absolute Gasteiger partial charge is 0.491 e. The van der Waals surface area contributed by atoms with Gasteiger partial charge in [0.15, 0.2) is 5.82 Å². The van der Waals surface area contributed by atoms with E-state index in [9.17, 15) is 9.59 Å². The normalized spacial score (nSPS) is 11.4. The number of hydrogen-bond acceptors (Lipinski definition) is 6. The van der Waals surface area contributed by atoms with Crippen LogP contribution in [0.5, 0.6) is 5.75 Å². The molecule has 0 spiro atoms. The fraction of sp³-hybridized carbons (Fsp3) is 0.368. The van der Waals surface area contributed by atoms with Crippen LogP contribution >= 0.6 is 11.6 Å². The second kappa shape index (κ2) is 9.32. The Balaban J connectivity index is 2.07. The Hall–Kier alpha value is -2.67. The van der Waals surface area contributed by atoms with Gasteiger partial charge in [0, 0.05) is 29.3 Å². The lowest BCUT2D eigenvalue weighted by Gasteiger charge is -2.10. The average molecular weight is 392 g/mol. The van der Waals surface area contributed by atoms with Crippen LogP contribution in [0.15, 0.2) is 30.6 Å². The standard InChI is InChI=1S/C19H22ClN3O4/c1-12(2)7-18(25)27-17(24)5-6-23-11-21-19(22-23)14-8-15(20)10-16(9-14)26-13(3)4/h5-6,8-13H,7H2,1-4H3/b6-5-. The number of esters is 2. The molecule has 1 heterocycles. The number of nitrogens with zero attached hydrogens (tertiary/aromatic N) is 3. The van der Waals surface area contributed by atoms with Crippen LogP contribution in [0, 0.1) is 5.92 Å². The lowest BCUT2D eigenvalue weighted by Crippen LogP contribution is -2.12. The zero-order valence-corrected chi connectivity index (χ0v) is 16.4. The SMILES string of the molecule is CC(C)CC(=O)OC(=O)/C=C\n1cnc(-c2cc(Cl)cc(OC(C)C)c2)n1. The molecule has 0 aliphatic carbocycles. The molecule has 0 aliphatic rings. The topological polar surface area (TPSA) is 83.3 Å². The molecule has 0 fully saturated rings. The molecule has 8 heteroatoms. The molecule has 0 saturated carbocycles. The third-order valence-electron chi connectivity index (χ3n) is 3.16. The minimum Gasteiger partial charge on any atom is -0.491 e. The maximum atomic E-state index is 11.7. The highest BCUT2D eigenvalue weighted by Gasteiger charge is 2.11. The Labute approximate surface area is 162 Å². The summed E-state index contributed by atoms with van der Waals surface area (Å²) >= 11 is 6.13. The van der Waals surface area contributed by atoms with Crippen LogP contribution in [-0.4, -0.2) is 32.8 Å². The van der Waals surface area contributed by atoms with Gasteiger partial charge in [0.2, 0.25) is 0 Å². The van der Waals surface area contributed by atoms with Gasteiger partial charge in [-0.2, -0.15) is 0 Å². The van der Waals surface area contributed by atoms with Crippen molar-refractivity contribution in [3.05, 3.63) is 35.6 Å². The lowest BCUT2D eigenvalue weighted by atomic mass is 10.1. The Morgan fingerprint density at radius 2 is 1.96 bits per heavy atom. The smallest absolute Gasteiger partial charge is 0.339 e. The van der Waals surface area contributed by atoms with Gasteiger partial charge >= 0.3 is 11.9 Å². The minimum atomic E-state index is -0.756. The van der Waals surface area contributed by atoms with Crippen molar-refractivity contribution in [1.29, 1.82) is 0 Å². The Morgan fingerprint density at radius 1 is 1.22 bits per heavy atom. The van der Waals surface area contributed by atoms with Gasteiger partial charge in [-0.05, 0) is 38.0 Å². The van der Waals surface area contributed by atoms with Crippen molar-refractivity contribution >= 4 is 29.7 Å². The maximum Gasteiger partial charge on any atom is 0.339 e. The number of halogens is 1. The number of aromatic nitrogens is 3. The first-order chi connectivity index (χ1) is 12.7. The molecule has 0 radical (unpaired) electrons. The van der Waals surface area contributed by atoms with Gasteiger partial charge in [0.1, 0.15) is 12.1 Å². The third-order valence-corrected chi connectivity index (χ3v) is 3.38. The summed E-state index contributed by atoms with van der Waals surface area (Å²) in [5.74, 6) is -0.162. The number of rotatable bonds is 7. The molecule has 0 N–H and O–H groups in total. The molecule has 27 heavy (non-hydrogen) atoms. The van der Waals surface area contributed by atoms with E-state index in [-0.39, 0.29) is 18.4 Å². The second-order valence-corrected chi connectivity index (χ2v) is 7.03. The summed E-state index contributed by atoms with van der Waals surface area (Å²) < 4.78 is 11.7. The van der Waals surface area contributed by atoms with E-state index >= 15 is 0 Å². The van der Waals surface area contributed by atoms with Crippen molar-refractivity contribution in [2.24, 2.45) is 5.92 Å². The van der Waals surface area contributed by atoms with Gasteiger partial charge in [0.05, 0.1) is 6.10 Å². The van der Waals surface area contributed by atoms with Crippen LogP contribution in [-0.2, 0) is 14.3 Å². The van der Waals surface area contributed by atoms with E-state index in [1.54, 1.807) is 18.2 Å². The Bertz CT molecular complexity index is 843. The van der Waals surface area contributed by atoms with Gasteiger partial charge in [-0.25, -0.2) is 14.5 Å². The number of carbonyl (C=O) groups excluding carboxylic acids is 2. The van der Waals surface area contributed by atoms with E-state index in [4.69, 9.17) is 16.3 Å². The summed E-state index contributed by atoms with van der Waals surface area (Å²) in [6, 6.07) is 5.22. The predicted octanol–water partition coefficient (Wildman–Crippen LogP) is 3.97. The monoisotopic (exact) mass is 391 g/mol. The van der Waals surface area contributed by atoms with Crippen molar-refractivity contribution in [3.63, 3.8) is 0 Å². The zero-order chi connectivity index (χ0) is 20.0. The maximum absolute atomic E-state index is 11.7. The first-order valence-electron chi connectivity index (χ1n) is 8.54. The van der Waals surface area contributed by atoms with Crippen LogP contribution in [0.3, 0.4) is 0 Å². The number of hydrogen-bond donors (Lipinski definition) is 0. The molecular formula is C19H22ClN3O4. The van der Waals surface area contributed by atoms with Crippen molar-refractivity contribution in [2.75, 3.05) is 0 Å². The first-order valence-corrected chi connectivity index (χ1v) is 8.92. The van der Waals surface area contributed by atoms with Crippen LogP contribution in [0.2, 0.25) is 5.02 Å². The van der Waals surface area contributed by atoms with Crippen molar-refractivity contribution in [1.82, 2.24) is 14.8 Å². The first kappa shape index (κ1) is 20.6. The molecular weight excluding hydrogens is 370 g/mol. The van der Waals surface area contributed by atoms with Crippen LogP contribution in [0.25, 0.3) is 17.6 Å². The predicted molar refractivity (Wildman–Crippen MR) is 102 cm³/mol. The molecule has 2 aromatic rings. The number of carbonyl (C=O) groups is 2. The van der Waals surface area contributed by atoms with E-state index in [1.165, 1.54) is 17.2 Å². The highest BCUT2D eigenvalue weighted by molar-refractivity contribution is 6.31. The lowest BCUT2D eigenvalue weighted by molar-refractivity contribution is -0.156. The summed E-state index contributed by atoms with van der Waals surface area (Å²) in [6.45, 7) is 7.57. The molecule has 1 aromatic carbocycles. The van der Waals surface area contributed by atoms with Crippen LogP contribution < -0.4 is 4.74 Å². The average Bonchev–Trinajstić information content (AvgIpc) is 2.99. The molecule has 0 unspecified atom stereocenters. The fourth-order valence-corrected chi connectivity index (χ4v) is 2.39. The zero-order valence-electron chi connectivity index (χ0n) is 15.7. The van der Waals surface area contributed by atoms with Crippen molar-refractivity contribution < 1.29 is 19.1 Å². The summed E-state index contributed by atoms with van der Waals surface area (Å²) in [7, 11) is 0. The molecule has 0 atom stereocenters. The van der Waals surface area contributed by atoms with E-state index in [1.807, 2.05) is 27.7 Å². The molecule has 1 aromatic heterocycles. The van der Waals surface area contributed by atoms with E-state index in [2.05, 4.69) is 14.8 Å². The number of benzene rings is 1. The molecule has 0 amide bonds. The molecule has 7 nitrogen and oxygen atoms in total. The molecule has 2 rings (SSSR count). The van der Waals surface area contributed by atoms with Gasteiger partial charge in [-0.15, -0.1) is 5.10 Å². The van der Waals surface area contributed by atoms with Gasteiger partial charge in [0.25, 0.3) is 0 Å².